The average molecular weight is 533 g/mol. The molecular formula is C32H37ClN2O3. The van der Waals surface area contributed by atoms with Gasteiger partial charge < -0.3 is 14.2 Å². The van der Waals surface area contributed by atoms with Crippen LogP contribution >= 0.6 is 12.4 Å². The summed E-state index contributed by atoms with van der Waals surface area (Å²) in [7, 11) is 3.95. The standard InChI is InChI=1S/C32H36N2O3.ClH/c1-4-5-6-7-8-9-18-31(35)37-30-23-34(28-16-12-10-14-26(28)30)29-17-13-11-15-27(29)32(36)24-19-21-25(22-20-24)33(2)3;/h10-17,19-23H,4-9,18H2,1-3H3;1H. The van der Waals surface area contributed by atoms with Crippen LogP contribution in [0, 0.1) is 0 Å². The van der Waals surface area contributed by atoms with Crippen LogP contribution in [0.2, 0.25) is 0 Å². The Hall–Kier alpha value is -3.57. The van der Waals surface area contributed by atoms with E-state index in [2.05, 4.69) is 6.92 Å². The van der Waals surface area contributed by atoms with E-state index in [1.807, 2.05) is 103 Å². The molecule has 38 heavy (non-hydrogen) atoms. The average Bonchev–Trinajstić information content (AvgIpc) is 3.28. The SMILES string of the molecule is CCCCCCCCC(=O)Oc1cn(-c2ccccc2C(=O)c2ccc(N(C)C)cc2)c2ccccc12.Cl. The van der Waals surface area contributed by atoms with Crippen LogP contribution in [0.1, 0.15) is 67.8 Å². The first kappa shape index (κ1) is 29.0. The topological polar surface area (TPSA) is 51.5 Å². The number of aromatic nitrogens is 1. The highest BCUT2D eigenvalue weighted by atomic mass is 35.5. The van der Waals surface area contributed by atoms with E-state index in [9.17, 15) is 9.59 Å². The van der Waals surface area contributed by atoms with Gasteiger partial charge in [0.05, 0.1) is 17.4 Å². The van der Waals surface area contributed by atoms with Crippen LogP contribution in [0.5, 0.6) is 5.75 Å². The molecule has 0 radical (unpaired) electrons. The molecule has 0 saturated heterocycles. The van der Waals surface area contributed by atoms with E-state index in [1.165, 1.54) is 19.3 Å². The molecule has 0 atom stereocenters. The van der Waals surface area contributed by atoms with Crippen molar-refractivity contribution in [3.8, 4) is 11.4 Å². The Labute approximate surface area is 231 Å². The van der Waals surface area contributed by atoms with Crippen molar-refractivity contribution in [2.24, 2.45) is 0 Å². The number of halogens is 1. The Bertz CT molecular complexity index is 1360. The molecule has 1 aromatic heterocycles. The Morgan fingerprint density at radius 3 is 2.21 bits per heavy atom. The molecule has 6 heteroatoms. The largest absolute Gasteiger partial charge is 0.424 e. The molecule has 0 amide bonds. The number of anilines is 1. The molecular weight excluding hydrogens is 496 g/mol. The van der Waals surface area contributed by atoms with E-state index in [0.29, 0.717) is 23.3 Å². The second kappa shape index (κ2) is 13.8. The summed E-state index contributed by atoms with van der Waals surface area (Å²) in [5, 5.41) is 0.844. The minimum Gasteiger partial charge on any atom is -0.424 e. The monoisotopic (exact) mass is 532 g/mol. The van der Waals surface area contributed by atoms with Gasteiger partial charge in [-0.1, -0.05) is 63.3 Å². The summed E-state index contributed by atoms with van der Waals surface area (Å²) in [5.41, 5.74) is 3.88. The van der Waals surface area contributed by atoms with Gasteiger partial charge in [-0.2, -0.15) is 0 Å². The Morgan fingerprint density at radius 2 is 1.47 bits per heavy atom. The molecule has 0 aliphatic heterocycles. The summed E-state index contributed by atoms with van der Waals surface area (Å²) < 4.78 is 7.78. The summed E-state index contributed by atoms with van der Waals surface area (Å²) in [5.74, 6) is 0.244. The Morgan fingerprint density at radius 1 is 0.816 bits per heavy atom. The van der Waals surface area contributed by atoms with Gasteiger partial charge in [0.25, 0.3) is 0 Å². The number of ether oxygens (including phenoxy) is 1. The van der Waals surface area contributed by atoms with Gasteiger partial charge in [-0.05, 0) is 55.0 Å². The van der Waals surface area contributed by atoms with Crippen molar-refractivity contribution in [2.75, 3.05) is 19.0 Å². The third-order valence-corrected chi connectivity index (χ3v) is 6.69. The number of hydrogen-bond donors (Lipinski definition) is 0. The second-order valence-electron chi connectivity index (χ2n) is 9.66. The Balaban J connectivity index is 0.00000400. The van der Waals surface area contributed by atoms with Crippen molar-refractivity contribution in [3.63, 3.8) is 0 Å². The van der Waals surface area contributed by atoms with Gasteiger partial charge in [0, 0.05) is 42.7 Å². The number of carbonyl (C=O) groups excluding carboxylic acids is 2. The molecule has 3 aromatic carbocycles. The summed E-state index contributed by atoms with van der Waals surface area (Å²) in [4.78, 5) is 28.2. The predicted molar refractivity (Wildman–Crippen MR) is 158 cm³/mol. The number of carbonyl (C=O) groups is 2. The van der Waals surface area contributed by atoms with Crippen LogP contribution < -0.4 is 9.64 Å². The third-order valence-electron chi connectivity index (χ3n) is 6.69. The molecule has 0 fully saturated rings. The fourth-order valence-corrected chi connectivity index (χ4v) is 4.59. The lowest BCUT2D eigenvalue weighted by molar-refractivity contribution is -0.134. The van der Waals surface area contributed by atoms with Crippen molar-refractivity contribution in [2.45, 2.75) is 51.9 Å². The van der Waals surface area contributed by atoms with Gasteiger partial charge >= 0.3 is 5.97 Å². The van der Waals surface area contributed by atoms with Crippen LogP contribution in [0.25, 0.3) is 16.6 Å². The highest BCUT2D eigenvalue weighted by Crippen LogP contribution is 2.33. The molecule has 0 aliphatic carbocycles. The number of ketones is 1. The highest BCUT2D eigenvalue weighted by Gasteiger charge is 2.19. The minimum absolute atomic E-state index is 0. The van der Waals surface area contributed by atoms with Gasteiger partial charge in [0.2, 0.25) is 0 Å². The number of unbranched alkanes of at least 4 members (excludes halogenated alkanes) is 5. The van der Waals surface area contributed by atoms with E-state index in [0.717, 1.165) is 41.5 Å². The van der Waals surface area contributed by atoms with Crippen LogP contribution in [0.4, 0.5) is 5.69 Å². The molecule has 0 saturated carbocycles. The summed E-state index contributed by atoms with van der Waals surface area (Å²) in [6.45, 7) is 2.20. The lowest BCUT2D eigenvalue weighted by atomic mass is 10.0. The molecule has 4 aromatic rings. The van der Waals surface area contributed by atoms with Crippen molar-refractivity contribution in [1.29, 1.82) is 0 Å². The number of rotatable bonds is 12. The maximum Gasteiger partial charge on any atom is 0.311 e. The molecule has 1 heterocycles. The smallest absolute Gasteiger partial charge is 0.311 e. The van der Waals surface area contributed by atoms with Crippen molar-refractivity contribution < 1.29 is 14.3 Å². The van der Waals surface area contributed by atoms with E-state index in [1.54, 1.807) is 0 Å². The lowest BCUT2D eigenvalue weighted by Crippen LogP contribution is -2.10. The fraction of sp³-hybridized carbons (Fsp3) is 0.312. The normalized spacial score (nSPS) is 10.7. The zero-order chi connectivity index (χ0) is 26.2. The quantitative estimate of drug-likeness (QED) is 0.105. The first-order valence-corrected chi connectivity index (χ1v) is 13.2. The third kappa shape index (κ3) is 6.84. The molecule has 0 aliphatic rings. The number of esters is 1. The zero-order valence-corrected chi connectivity index (χ0v) is 23.3. The first-order valence-electron chi connectivity index (χ1n) is 13.2. The van der Waals surface area contributed by atoms with E-state index >= 15 is 0 Å². The maximum absolute atomic E-state index is 13.5. The predicted octanol–water partition coefficient (Wildman–Crippen LogP) is 8.01. The summed E-state index contributed by atoms with van der Waals surface area (Å²) in [6, 6.07) is 23.0. The molecule has 0 bridgehead atoms. The van der Waals surface area contributed by atoms with E-state index in [-0.39, 0.29) is 24.2 Å². The fourth-order valence-electron chi connectivity index (χ4n) is 4.59. The minimum atomic E-state index is -0.219. The number of nitrogens with zero attached hydrogens (tertiary/aromatic N) is 2. The van der Waals surface area contributed by atoms with Crippen molar-refractivity contribution in [3.05, 3.63) is 90.1 Å². The number of fused-ring (bicyclic) bond motifs is 1. The van der Waals surface area contributed by atoms with Crippen LogP contribution in [-0.4, -0.2) is 30.4 Å². The molecule has 0 N–H and O–H groups in total. The van der Waals surface area contributed by atoms with Crippen LogP contribution in [0.15, 0.2) is 79.0 Å². The molecule has 5 nitrogen and oxygen atoms in total. The Kier molecular flexibility index (Phi) is 10.5. The second-order valence-corrected chi connectivity index (χ2v) is 9.66. The summed E-state index contributed by atoms with van der Waals surface area (Å²) >= 11 is 0. The number of para-hydroxylation sites is 2. The van der Waals surface area contributed by atoms with Gasteiger partial charge in [-0.15, -0.1) is 12.4 Å². The van der Waals surface area contributed by atoms with Gasteiger partial charge in [0.15, 0.2) is 11.5 Å². The molecule has 0 unspecified atom stereocenters. The molecule has 200 valence electrons. The number of benzene rings is 3. The van der Waals surface area contributed by atoms with Crippen molar-refractivity contribution >= 4 is 40.7 Å². The van der Waals surface area contributed by atoms with Crippen LogP contribution in [0.3, 0.4) is 0 Å². The molecule has 0 spiro atoms. The lowest BCUT2D eigenvalue weighted by Gasteiger charge is -2.14. The summed E-state index contributed by atoms with van der Waals surface area (Å²) in [6.07, 6.45) is 8.95. The van der Waals surface area contributed by atoms with E-state index in [4.69, 9.17) is 4.74 Å². The van der Waals surface area contributed by atoms with E-state index < -0.39 is 0 Å². The maximum atomic E-state index is 13.5. The van der Waals surface area contributed by atoms with Crippen molar-refractivity contribution in [1.82, 2.24) is 4.57 Å². The highest BCUT2D eigenvalue weighted by molar-refractivity contribution is 6.11. The zero-order valence-electron chi connectivity index (χ0n) is 22.5. The van der Waals surface area contributed by atoms with Gasteiger partial charge in [-0.25, -0.2) is 0 Å². The van der Waals surface area contributed by atoms with Crippen LogP contribution in [-0.2, 0) is 4.79 Å². The molecule has 4 rings (SSSR count). The van der Waals surface area contributed by atoms with Gasteiger partial charge in [-0.3, -0.25) is 9.59 Å². The first-order chi connectivity index (χ1) is 18.0. The van der Waals surface area contributed by atoms with Gasteiger partial charge in [0.1, 0.15) is 0 Å². The number of hydrogen-bond acceptors (Lipinski definition) is 4.